The lowest BCUT2D eigenvalue weighted by molar-refractivity contribution is -0.141. The number of rotatable bonds is 4. The molecule has 0 aliphatic heterocycles. The molecule has 0 heterocycles. The summed E-state index contributed by atoms with van der Waals surface area (Å²) in [6.07, 6.45) is 0.567. The van der Waals surface area contributed by atoms with Gasteiger partial charge in [0.1, 0.15) is 0 Å². The summed E-state index contributed by atoms with van der Waals surface area (Å²) in [7, 11) is 0. The molecule has 2 nitrogen and oxygen atoms in total. The maximum absolute atomic E-state index is 10.6. The van der Waals surface area contributed by atoms with E-state index in [0.29, 0.717) is 12.3 Å². The van der Waals surface area contributed by atoms with Crippen molar-refractivity contribution >= 4 is 17.6 Å². The number of carbonyl (C=O) groups is 1. The molecule has 0 unspecified atom stereocenters. The van der Waals surface area contributed by atoms with Gasteiger partial charge in [-0.15, -0.1) is 11.6 Å². The fourth-order valence-corrected chi connectivity index (χ4v) is 1.38. The van der Waals surface area contributed by atoms with Gasteiger partial charge >= 0.3 is 5.97 Å². The van der Waals surface area contributed by atoms with E-state index < -0.39 is 5.97 Å². The van der Waals surface area contributed by atoms with Crippen LogP contribution in [0.5, 0.6) is 0 Å². The van der Waals surface area contributed by atoms with Crippen molar-refractivity contribution in [2.75, 3.05) is 0 Å². The Morgan fingerprint density at radius 3 is 2.29 bits per heavy atom. The molecule has 0 bridgehead atoms. The van der Waals surface area contributed by atoms with Crippen LogP contribution in [-0.2, 0) is 17.1 Å². The molecule has 3 heteroatoms. The number of aliphatic carboxylic acids is 1. The lowest BCUT2D eigenvalue weighted by Crippen LogP contribution is -2.12. The average Bonchev–Trinajstić information content (AvgIpc) is 2.19. The first-order valence-electron chi connectivity index (χ1n) is 4.50. The number of halogens is 1. The molecule has 0 radical (unpaired) electrons. The van der Waals surface area contributed by atoms with Crippen LogP contribution >= 0.6 is 11.6 Å². The Morgan fingerprint density at radius 2 is 1.86 bits per heavy atom. The van der Waals surface area contributed by atoms with Crippen molar-refractivity contribution in [3.05, 3.63) is 35.4 Å². The smallest absolute Gasteiger partial charge is 0.306 e. The quantitative estimate of drug-likeness (QED) is 0.780. The van der Waals surface area contributed by atoms with Crippen molar-refractivity contribution < 1.29 is 9.90 Å². The summed E-state index contributed by atoms with van der Waals surface area (Å²) in [6.45, 7) is 1.71. The minimum absolute atomic E-state index is 0.336. The van der Waals surface area contributed by atoms with Gasteiger partial charge in [0, 0.05) is 5.88 Å². The molecule has 0 fully saturated rings. The first kappa shape index (κ1) is 11.1. The van der Waals surface area contributed by atoms with Gasteiger partial charge in [-0.05, 0) is 17.5 Å². The van der Waals surface area contributed by atoms with E-state index in [2.05, 4.69) is 0 Å². The van der Waals surface area contributed by atoms with E-state index in [1.165, 1.54) is 0 Å². The number of carboxylic acids is 1. The van der Waals surface area contributed by atoms with Crippen LogP contribution < -0.4 is 0 Å². The van der Waals surface area contributed by atoms with E-state index in [4.69, 9.17) is 16.7 Å². The molecule has 1 N–H and O–H groups in total. The van der Waals surface area contributed by atoms with Crippen LogP contribution in [0.1, 0.15) is 18.1 Å². The van der Waals surface area contributed by atoms with E-state index in [1.807, 2.05) is 24.3 Å². The molecule has 0 saturated heterocycles. The molecule has 1 rings (SSSR count). The second kappa shape index (κ2) is 5.01. The van der Waals surface area contributed by atoms with E-state index in [1.54, 1.807) is 6.92 Å². The summed E-state index contributed by atoms with van der Waals surface area (Å²) in [4.78, 5) is 10.6. The number of hydrogen-bond acceptors (Lipinski definition) is 1. The van der Waals surface area contributed by atoms with Crippen molar-refractivity contribution in [3.8, 4) is 0 Å². The van der Waals surface area contributed by atoms with Crippen LogP contribution in [0, 0.1) is 5.92 Å². The first-order valence-corrected chi connectivity index (χ1v) is 5.03. The maximum Gasteiger partial charge on any atom is 0.306 e. The molecule has 0 saturated carbocycles. The van der Waals surface area contributed by atoms with Gasteiger partial charge in [-0.3, -0.25) is 4.79 Å². The molecule has 1 aromatic rings. The number of alkyl halides is 1. The zero-order valence-corrected chi connectivity index (χ0v) is 8.79. The number of hydrogen-bond donors (Lipinski definition) is 1. The van der Waals surface area contributed by atoms with Crippen LogP contribution in [0.4, 0.5) is 0 Å². The predicted molar refractivity (Wildman–Crippen MR) is 56.5 cm³/mol. The average molecular weight is 213 g/mol. The summed E-state index contributed by atoms with van der Waals surface area (Å²) in [5.41, 5.74) is 2.09. The molecule has 1 aromatic carbocycles. The van der Waals surface area contributed by atoms with Crippen LogP contribution in [0.25, 0.3) is 0 Å². The van der Waals surface area contributed by atoms with Crippen molar-refractivity contribution in [1.29, 1.82) is 0 Å². The highest BCUT2D eigenvalue weighted by molar-refractivity contribution is 6.17. The molecule has 1 atom stereocenters. The van der Waals surface area contributed by atoms with Gasteiger partial charge in [0.15, 0.2) is 0 Å². The van der Waals surface area contributed by atoms with E-state index >= 15 is 0 Å². The standard InChI is InChI=1S/C11H13ClO2/c1-8(11(13)14)6-9-2-4-10(7-12)5-3-9/h2-5,8H,6-7H2,1H3,(H,13,14)/t8-/m0/s1. The lowest BCUT2D eigenvalue weighted by Gasteiger charge is -2.06. The predicted octanol–water partition coefficient (Wildman–Crippen LogP) is 2.69. The fourth-order valence-electron chi connectivity index (χ4n) is 1.21. The Bertz CT molecular complexity index is 306. The van der Waals surface area contributed by atoms with Crippen molar-refractivity contribution in [2.24, 2.45) is 5.92 Å². The van der Waals surface area contributed by atoms with E-state index in [-0.39, 0.29) is 5.92 Å². The highest BCUT2D eigenvalue weighted by atomic mass is 35.5. The maximum atomic E-state index is 10.6. The first-order chi connectivity index (χ1) is 6.63. The van der Waals surface area contributed by atoms with Crippen molar-refractivity contribution in [1.82, 2.24) is 0 Å². The molecule has 0 amide bonds. The zero-order valence-electron chi connectivity index (χ0n) is 8.03. The molecule has 0 spiro atoms. The van der Waals surface area contributed by atoms with Gasteiger partial charge in [0.25, 0.3) is 0 Å². The van der Waals surface area contributed by atoms with Gasteiger partial charge in [-0.2, -0.15) is 0 Å². The third-order valence-electron chi connectivity index (χ3n) is 2.14. The van der Waals surface area contributed by atoms with Gasteiger partial charge in [-0.1, -0.05) is 31.2 Å². The van der Waals surface area contributed by atoms with Crippen LogP contribution in [0.15, 0.2) is 24.3 Å². The fraction of sp³-hybridized carbons (Fsp3) is 0.364. The Kier molecular flexibility index (Phi) is 3.96. The summed E-state index contributed by atoms with van der Waals surface area (Å²) in [6, 6.07) is 7.71. The summed E-state index contributed by atoms with van der Waals surface area (Å²) < 4.78 is 0. The Morgan fingerprint density at radius 1 is 1.36 bits per heavy atom. The molecule has 0 aliphatic carbocycles. The Labute approximate surface area is 88.5 Å². The van der Waals surface area contributed by atoms with Gasteiger partial charge in [0.2, 0.25) is 0 Å². The van der Waals surface area contributed by atoms with E-state index in [0.717, 1.165) is 11.1 Å². The van der Waals surface area contributed by atoms with Crippen molar-refractivity contribution in [2.45, 2.75) is 19.2 Å². The Balaban J connectivity index is 2.64. The lowest BCUT2D eigenvalue weighted by atomic mass is 10.0. The highest BCUT2D eigenvalue weighted by Gasteiger charge is 2.10. The Hall–Kier alpha value is -1.02. The van der Waals surface area contributed by atoms with Crippen molar-refractivity contribution in [3.63, 3.8) is 0 Å². The minimum atomic E-state index is -0.758. The largest absolute Gasteiger partial charge is 0.481 e. The van der Waals surface area contributed by atoms with Crippen LogP contribution in [-0.4, -0.2) is 11.1 Å². The topological polar surface area (TPSA) is 37.3 Å². The molecular formula is C11H13ClO2. The normalized spacial score (nSPS) is 12.4. The van der Waals surface area contributed by atoms with Crippen LogP contribution in [0.2, 0.25) is 0 Å². The second-order valence-corrected chi connectivity index (χ2v) is 3.66. The van der Waals surface area contributed by atoms with E-state index in [9.17, 15) is 4.79 Å². The van der Waals surface area contributed by atoms with Crippen LogP contribution in [0.3, 0.4) is 0 Å². The molecule has 76 valence electrons. The zero-order chi connectivity index (χ0) is 10.6. The summed E-state index contributed by atoms with van der Waals surface area (Å²) in [5, 5.41) is 8.72. The van der Waals surface area contributed by atoms with Gasteiger partial charge in [0.05, 0.1) is 5.92 Å². The molecule has 14 heavy (non-hydrogen) atoms. The summed E-state index contributed by atoms with van der Waals surface area (Å²) >= 11 is 5.64. The molecule has 0 aromatic heterocycles. The van der Waals surface area contributed by atoms with Gasteiger partial charge < -0.3 is 5.11 Å². The summed E-state index contributed by atoms with van der Waals surface area (Å²) in [5.74, 6) is -0.599. The minimum Gasteiger partial charge on any atom is -0.481 e. The number of benzene rings is 1. The monoisotopic (exact) mass is 212 g/mol. The highest BCUT2D eigenvalue weighted by Crippen LogP contribution is 2.11. The SMILES string of the molecule is C[C@@H](Cc1ccc(CCl)cc1)C(=O)O. The molecular weight excluding hydrogens is 200 g/mol. The second-order valence-electron chi connectivity index (χ2n) is 3.39. The third-order valence-corrected chi connectivity index (χ3v) is 2.45. The third kappa shape index (κ3) is 3.04. The molecule has 0 aliphatic rings. The number of carboxylic acid groups (broad SMARTS) is 1. The van der Waals surface area contributed by atoms with Gasteiger partial charge in [-0.25, -0.2) is 0 Å².